The van der Waals surface area contributed by atoms with Crippen LogP contribution in [-0.2, 0) is 4.79 Å². The van der Waals surface area contributed by atoms with Gasteiger partial charge in [-0.2, -0.15) is 0 Å². The van der Waals surface area contributed by atoms with Gasteiger partial charge in [0, 0.05) is 24.0 Å². The number of piperidine rings is 1. The van der Waals surface area contributed by atoms with Crippen molar-refractivity contribution in [2.45, 2.75) is 45.2 Å². The second-order valence-corrected chi connectivity index (χ2v) is 7.46. The third kappa shape index (κ3) is 4.69. The van der Waals surface area contributed by atoms with Crippen molar-refractivity contribution in [2.75, 3.05) is 13.1 Å². The number of thiophene rings is 1. The zero-order valence-electron chi connectivity index (χ0n) is 13.2. The minimum Gasteiger partial charge on any atom is -0.348 e. The van der Waals surface area contributed by atoms with Gasteiger partial charge in [-0.05, 0) is 45.7 Å². The Morgan fingerprint density at radius 1 is 1.32 bits per heavy atom. The van der Waals surface area contributed by atoms with Crippen molar-refractivity contribution < 1.29 is 9.59 Å². The molecule has 7 heteroatoms. The van der Waals surface area contributed by atoms with Crippen LogP contribution < -0.4 is 11.1 Å². The molecule has 0 atom stereocenters. The van der Waals surface area contributed by atoms with E-state index in [1.165, 1.54) is 11.3 Å². The number of carbonyl (C=O) groups is 2. The second-order valence-electron chi connectivity index (χ2n) is 6.17. The van der Waals surface area contributed by atoms with Gasteiger partial charge in [0.2, 0.25) is 5.91 Å². The molecule has 0 spiro atoms. The lowest BCUT2D eigenvalue weighted by Gasteiger charge is -2.35. The van der Waals surface area contributed by atoms with E-state index in [9.17, 15) is 9.59 Å². The maximum absolute atomic E-state index is 12.1. The quantitative estimate of drug-likeness (QED) is 0.879. The molecule has 2 rings (SSSR count). The van der Waals surface area contributed by atoms with Crippen LogP contribution in [0.5, 0.6) is 0 Å². The highest BCUT2D eigenvalue weighted by Gasteiger charge is 2.31. The number of likely N-dealkylation sites (tertiary alicyclic amines) is 1. The van der Waals surface area contributed by atoms with Gasteiger partial charge < -0.3 is 16.0 Å². The van der Waals surface area contributed by atoms with E-state index in [4.69, 9.17) is 5.73 Å². The highest BCUT2D eigenvalue weighted by atomic mass is 35.5. The van der Waals surface area contributed by atoms with Crippen LogP contribution in [0.15, 0.2) is 12.1 Å². The lowest BCUT2D eigenvalue weighted by Crippen LogP contribution is -2.55. The number of nitrogens with one attached hydrogen (secondary N) is 1. The van der Waals surface area contributed by atoms with Crippen LogP contribution in [0, 0.1) is 6.92 Å². The summed E-state index contributed by atoms with van der Waals surface area (Å²) in [5.74, 6) is -0.0433. The summed E-state index contributed by atoms with van der Waals surface area (Å²) in [6, 6.07) is 3.93. The summed E-state index contributed by atoms with van der Waals surface area (Å²) in [5, 5.41) is 3.05. The average molecular weight is 346 g/mol. The Bertz CT molecular complexity index is 531. The van der Waals surface area contributed by atoms with Crippen molar-refractivity contribution in [3.63, 3.8) is 0 Å². The first-order valence-electron chi connectivity index (χ1n) is 7.23. The van der Waals surface area contributed by atoms with Crippen molar-refractivity contribution >= 4 is 35.6 Å². The van der Waals surface area contributed by atoms with Gasteiger partial charge in [-0.25, -0.2) is 0 Å². The lowest BCUT2D eigenvalue weighted by molar-refractivity contribution is -0.136. The molecule has 0 saturated carbocycles. The van der Waals surface area contributed by atoms with Crippen LogP contribution in [0.1, 0.15) is 41.2 Å². The minimum absolute atomic E-state index is 0. The summed E-state index contributed by atoms with van der Waals surface area (Å²) in [5.41, 5.74) is 5.02. The molecule has 5 nitrogen and oxygen atoms in total. The molecular weight excluding hydrogens is 322 g/mol. The summed E-state index contributed by atoms with van der Waals surface area (Å²) in [6.07, 6.45) is 1.55. The van der Waals surface area contributed by atoms with Crippen LogP contribution in [0.3, 0.4) is 0 Å². The van der Waals surface area contributed by atoms with Crippen molar-refractivity contribution in [2.24, 2.45) is 5.73 Å². The third-order valence-electron chi connectivity index (χ3n) is 3.63. The fourth-order valence-electron chi connectivity index (χ4n) is 2.45. The number of hydrogen-bond acceptors (Lipinski definition) is 4. The molecule has 1 aliphatic heterocycles. The summed E-state index contributed by atoms with van der Waals surface area (Å²) >= 11 is 1.50. The number of hydrogen-bond donors (Lipinski definition) is 2. The smallest absolute Gasteiger partial charge is 0.261 e. The number of rotatable bonds is 3. The van der Waals surface area contributed by atoms with Crippen LogP contribution >= 0.6 is 23.7 Å². The molecule has 22 heavy (non-hydrogen) atoms. The van der Waals surface area contributed by atoms with Gasteiger partial charge in [0.25, 0.3) is 5.91 Å². The van der Waals surface area contributed by atoms with Gasteiger partial charge in [0.05, 0.1) is 10.4 Å². The molecular formula is C15H24ClN3O2S. The van der Waals surface area contributed by atoms with E-state index in [0.29, 0.717) is 13.1 Å². The Morgan fingerprint density at radius 2 is 1.91 bits per heavy atom. The largest absolute Gasteiger partial charge is 0.348 e. The number of aryl methyl sites for hydroxylation is 1. The Kier molecular flexibility index (Phi) is 6.40. The fraction of sp³-hybridized carbons (Fsp3) is 0.600. The molecule has 3 N–H and O–H groups in total. The summed E-state index contributed by atoms with van der Waals surface area (Å²) in [6.45, 7) is 6.73. The van der Waals surface area contributed by atoms with Crippen LogP contribution in [-0.4, -0.2) is 41.4 Å². The summed E-state index contributed by atoms with van der Waals surface area (Å²) in [7, 11) is 0. The van der Waals surface area contributed by atoms with Crippen molar-refractivity contribution in [1.82, 2.24) is 10.2 Å². The first-order valence-corrected chi connectivity index (χ1v) is 8.04. The second kappa shape index (κ2) is 7.44. The Morgan fingerprint density at radius 3 is 2.36 bits per heavy atom. The van der Waals surface area contributed by atoms with Gasteiger partial charge in [-0.15, -0.1) is 23.7 Å². The highest BCUT2D eigenvalue weighted by Crippen LogP contribution is 2.17. The molecule has 0 radical (unpaired) electrons. The van der Waals surface area contributed by atoms with Gasteiger partial charge in [0.15, 0.2) is 0 Å². The molecule has 1 fully saturated rings. The number of amides is 2. The Hall–Kier alpha value is -1.11. The fourth-order valence-corrected chi connectivity index (χ4v) is 3.22. The molecule has 0 aliphatic carbocycles. The van der Waals surface area contributed by atoms with Crippen LogP contribution in [0.25, 0.3) is 0 Å². The zero-order valence-corrected chi connectivity index (χ0v) is 14.9. The summed E-state index contributed by atoms with van der Waals surface area (Å²) < 4.78 is 0. The minimum atomic E-state index is -0.829. The van der Waals surface area contributed by atoms with Gasteiger partial charge in [-0.3, -0.25) is 9.59 Å². The van der Waals surface area contributed by atoms with E-state index in [-0.39, 0.29) is 30.3 Å². The van der Waals surface area contributed by atoms with Crippen LogP contribution in [0.2, 0.25) is 0 Å². The molecule has 2 amide bonds. The number of nitrogens with zero attached hydrogens (tertiary/aromatic N) is 1. The van der Waals surface area contributed by atoms with Gasteiger partial charge >= 0.3 is 0 Å². The topological polar surface area (TPSA) is 75.4 Å². The molecule has 1 saturated heterocycles. The number of nitrogens with two attached hydrogens (primary N) is 1. The normalized spacial score (nSPS) is 16.1. The van der Waals surface area contributed by atoms with E-state index >= 15 is 0 Å². The van der Waals surface area contributed by atoms with Crippen molar-refractivity contribution in [1.29, 1.82) is 0 Å². The molecule has 0 unspecified atom stereocenters. The average Bonchev–Trinajstić information content (AvgIpc) is 2.84. The van der Waals surface area contributed by atoms with E-state index < -0.39 is 5.54 Å². The monoisotopic (exact) mass is 345 g/mol. The molecule has 1 aliphatic rings. The maximum atomic E-state index is 12.1. The Labute approximate surface area is 141 Å². The standard InChI is InChI=1S/C15H23N3O2S.ClH/c1-10-4-5-12(21-10)13(19)17-11-6-8-18(9-7-11)14(20)15(2,3)16;/h4-5,11H,6-9,16H2,1-3H3,(H,17,19);1H. The van der Waals surface area contributed by atoms with E-state index in [1.807, 2.05) is 19.1 Å². The molecule has 1 aromatic heterocycles. The van der Waals surface area contributed by atoms with E-state index in [2.05, 4.69) is 5.32 Å². The van der Waals surface area contributed by atoms with E-state index in [0.717, 1.165) is 22.6 Å². The number of halogens is 1. The predicted molar refractivity (Wildman–Crippen MR) is 91.6 cm³/mol. The molecule has 0 bridgehead atoms. The SMILES string of the molecule is Cc1ccc(C(=O)NC2CCN(C(=O)C(C)(C)N)CC2)s1.Cl. The number of carbonyl (C=O) groups excluding carboxylic acids is 2. The zero-order chi connectivity index (χ0) is 15.6. The molecule has 1 aromatic rings. The van der Waals surface area contributed by atoms with Crippen LogP contribution in [0.4, 0.5) is 0 Å². The van der Waals surface area contributed by atoms with E-state index in [1.54, 1.807) is 18.7 Å². The first kappa shape index (κ1) is 18.9. The first-order chi connectivity index (χ1) is 9.77. The molecule has 2 heterocycles. The summed E-state index contributed by atoms with van der Waals surface area (Å²) in [4.78, 5) is 27.9. The van der Waals surface area contributed by atoms with Gasteiger partial charge in [-0.1, -0.05) is 0 Å². The molecule has 124 valence electrons. The Balaban J connectivity index is 0.00000242. The third-order valence-corrected chi connectivity index (χ3v) is 4.63. The van der Waals surface area contributed by atoms with Crippen molar-refractivity contribution in [3.8, 4) is 0 Å². The van der Waals surface area contributed by atoms with Crippen molar-refractivity contribution in [3.05, 3.63) is 21.9 Å². The highest BCUT2D eigenvalue weighted by molar-refractivity contribution is 7.13. The van der Waals surface area contributed by atoms with Gasteiger partial charge in [0.1, 0.15) is 0 Å². The lowest BCUT2D eigenvalue weighted by atomic mass is 10.00. The maximum Gasteiger partial charge on any atom is 0.261 e. The predicted octanol–water partition coefficient (Wildman–Crippen LogP) is 1.94. The molecule has 0 aromatic carbocycles.